The molecule has 0 radical (unpaired) electrons. The maximum Gasteiger partial charge on any atom is 0.433 e. The zero-order valence-corrected chi connectivity index (χ0v) is 11.0. The van der Waals surface area contributed by atoms with E-state index >= 15 is 0 Å². The number of nitrogens with one attached hydrogen (secondary N) is 2. The van der Waals surface area contributed by atoms with Gasteiger partial charge in [0.25, 0.3) is 0 Å². The molecule has 4 N–H and O–H groups in total. The summed E-state index contributed by atoms with van der Waals surface area (Å²) in [6.45, 7) is 2.70. The third-order valence-corrected chi connectivity index (χ3v) is 2.46. The zero-order valence-electron chi connectivity index (χ0n) is 11.0. The van der Waals surface area contributed by atoms with E-state index in [0.29, 0.717) is 6.54 Å². The highest BCUT2D eigenvalue weighted by Crippen LogP contribution is 2.30. The molecule has 5 nitrogen and oxygen atoms in total. The number of nitrogens with zero attached hydrogens (tertiary/aromatic N) is 1. The van der Waals surface area contributed by atoms with Crippen LogP contribution in [0.2, 0.25) is 0 Å². The highest BCUT2D eigenvalue weighted by molar-refractivity contribution is 5.76. The van der Waals surface area contributed by atoms with Crippen molar-refractivity contribution in [2.24, 2.45) is 0 Å². The van der Waals surface area contributed by atoms with Crippen LogP contribution < -0.4 is 16.4 Å². The van der Waals surface area contributed by atoms with Crippen molar-refractivity contribution in [1.29, 1.82) is 0 Å². The number of amides is 1. The van der Waals surface area contributed by atoms with Gasteiger partial charge >= 0.3 is 6.18 Å². The number of carbonyl (C=O) groups excluding carboxylic acids is 1. The minimum absolute atomic E-state index is 0.104. The Morgan fingerprint density at radius 3 is 2.70 bits per heavy atom. The molecule has 0 aliphatic heterocycles. The van der Waals surface area contributed by atoms with Gasteiger partial charge in [0.15, 0.2) is 0 Å². The first-order valence-electron chi connectivity index (χ1n) is 6.18. The summed E-state index contributed by atoms with van der Waals surface area (Å²) in [4.78, 5) is 14.6. The fraction of sp³-hybridized carbons (Fsp3) is 0.500. The highest BCUT2D eigenvalue weighted by Gasteiger charge is 2.32. The lowest BCUT2D eigenvalue weighted by Crippen LogP contribution is -2.26. The van der Waals surface area contributed by atoms with Crippen LogP contribution >= 0.6 is 0 Å². The second-order valence-corrected chi connectivity index (χ2v) is 4.18. The smallest absolute Gasteiger partial charge is 0.396 e. The van der Waals surface area contributed by atoms with Gasteiger partial charge in [0.1, 0.15) is 5.69 Å². The summed E-state index contributed by atoms with van der Waals surface area (Å²) in [7, 11) is 0. The SMILES string of the molecule is CCCNC(=O)CCNc1cc(C(F)(F)F)ncc1N. The Balaban J connectivity index is 2.57. The Labute approximate surface area is 114 Å². The number of aromatic nitrogens is 1. The number of halogens is 3. The van der Waals surface area contributed by atoms with Gasteiger partial charge in [-0.3, -0.25) is 4.79 Å². The summed E-state index contributed by atoms with van der Waals surface area (Å²) in [6, 6.07) is 0.833. The Morgan fingerprint density at radius 2 is 2.10 bits per heavy atom. The van der Waals surface area contributed by atoms with Gasteiger partial charge in [-0.1, -0.05) is 6.92 Å². The van der Waals surface area contributed by atoms with E-state index in [1.54, 1.807) is 0 Å². The minimum Gasteiger partial charge on any atom is -0.396 e. The van der Waals surface area contributed by atoms with E-state index in [1.807, 2.05) is 6.92 Å². The van der Waals surface area contributed by atoms with Crippen molar-refractivity contribution in [1.82, 2.24) is 10.3 Å². The molecule has 0 aromatic carbocycles. The van der Waals surface area contributed by atoms with Gasteiger partial charge in [-0.2, -0.15) is 13.2 Å². The van der Waals surface area contributed by atoms with Crippen molar-refractivity contribution in [2.45, 2.75) is 25.9 Å². The van der Waals surface area contributed by atoms with Crippen molar-refractivity contribution >= 4 is 17.3 Å². The van der Waals surface area contributed by atoms with Crippen LogP contribution in [0.25, 0.3) is 0 Å². The number of anilines is 2. The molecule has 0 aliphatic carbocycles. The number of hydrogen-bond acceptors (Lipinski definition) is 4. The molecular formula is C12H17F3N4O. The number of carbonyl (C=O) groups is 1. The lowest BCUT2D eigenvalue weighted by Gasteiger charge is -2.12. The van der Waals surface area contributed by atoms with Gasteiger partial charge in [-0.05, 0) is 12.5 Å². The number of nitrogen functional groups attached to an aromatic ring is 1. The molecule has 20 heavy (non-hydrogen) atoms. The quantitative estimate of drug-likeness (QED) is 0.748. The van der Waals surface area contributed by atoms with Gasteiger partial charge in [0.2, 0.25) is 5.91 Å². The molecule has 1 aromatic heterocycles. The number of hydrogen-bond donors (Lipinski definition) is 3. The predicted octanol–water partition coefficient (Wildman–Crippen LogP) is 2.01. The van der Waals surface area contributed by atoms with E-state index < -0.39 is 11.9 Å². The van der Waals surface area contributed by atoms with Crippen molar-refractivity contribution in [3.05, 3.63) is 18.0 Å². The number of nitrogens with two attached hydrogens (primary N) is 1. The van der Waals surface area contributed by atoms with Crippen molar-refractivity contribution in [2.75, 3.05) is 24.1 Å². The van der Waals surface area contributed by atoms with Crippen LogP contribution in [-0.4, -0.2) is 24.0 Å². The van der Waals surface area contributed by atoms with E-state index in [-0.39, 0.29) is 30.2 Å². The Kier molecular flexibility index (Phi) is 5.60. The second kappa shape index (κ2) is 6.97. The van der Waals surface area contributed by atoms with Crippen molar-refractivity contribution in [3.8, 4) is 0 Å². The van der Waals surface area contributed by atoms with Crippen LogP contribution in [0.5, 0.6) is 0 Å². The molecule has 8 heteroatoms. The van der Waals surface area contributed by atoms with Gasteiger partial charge in [0.05, 0.1) is 17.6 Å². The molecule has 0 saturated carbocycles. The van der Waals surface area contributed by atoms with E-state index in [9.17, 15) is 18.0 Å². The summed E-state index contributed by atoms with van der Waals surface area (Å²) in [6.07, 6.45) is -2.60. The fourth-order valence-corrected chi connectivity index (χ4v) is 1.44. The first kappa shape index (κ1) is 16.1. The maximum atomic E-state index is 12.5. The van der Waals surface area contributed by atoms with Crippen LogP contribution in [0, 0.1) is 0 Å². The van der Waals surface area contributed by atoms with E-state index in [1.165, 1.54) is 0 Å². The first-order valence-corrected chi connectivity index (χ1v) is 6.18. The lowest BCUT2D eigenvalue weighted by molar-refractivity contribution is -0.141. The van der Waals surface area contributed by atoms with Crippen LogP contribution in [0.3, 0.4) is 0 Å². The number of pyridine rings is 1. The first-order chi connectivity index (χ1) is 9.34. The lowest BCUT2D eigenvalue weighted by atomic mass is 10.2. The summed E-state index contributed by atoms with van der Waals surface area (Å²) in [5.41, 5.74) is 4.74. The summed E-state index contributed by atoms with van der Waals surface area (Å²) in [5.74, 6) is -0.164. The van der Waals surface area contributed by atoms with E-state index in [0.717, 1.165) is 18.7 Å². The molecule has 0 spiro atoms. The molecule has 0 bridgehead atoms. The van der Waals surface area contributed by atoms with Crippen LogP contribution in [0.1, 0.15) is 25.5 Å². The molecule has 0 fully saturated rings. The largest absolute Gasteiger partial charge is 0.433 e. The number of alkyl halides is 3. The van der Waals surface area contributed by atoms with Crippen LogP contribution in [0.4, 0.5) is 24.5 Å². The Bertz CT molecular complexity index is 463. The Morgan fingerprint density at radius 1 is 1.40 bits per heavy atom. The van der Waals surface area contributed by atoms with Gasteiger partial charge in [-0.25, -0.2) is 4.98 Å². The second-order valence-electron chi connectivity index (χ2n) is 4.18. The molecule has 112 valence electrons. The molecule has 1 aromatic rings. The fourth-order valence-electron chi connectivity index (χ4n) is 1.44. The highest BCUT2D eigenvalue weighted by atomic mass is 19.4. The summed E-state index contributed by atoms with van der Waals surface area (Å²) < 4.78 is 37.5. The number of rotatable bonds is 6. The molecule has 1 heterocycles. The summed E-state index contributed by atoms with van der Waals surface area (Å²) in [5, 5.41) is 5.37. The average molecular weight is 290 g/mol. The third kappa shape index (κ3) is 4.94. The minimum atomic E-state index is -4.53. The van der Waals surface area contributed by atoms with Crippen LogP contribution in [0.15, 0.2) is 12.3 Å². The van der Waals surface area contributed by atoms with Gasteiger partial charge < -0.3 is 16.4 Å². The van der Waals surface area contributed by atoms with E-state index in [2.05, 4.69) is 15.6 Å². The molecule has 1 amide bonds. The standard InChI is InChI=1S/C12H17F3N4O/c1-2-4-18-11(20)3-5-17-9-6-10(12(13,14)15)19-7-8(9)16/h6-7H,2-5,16H2,1H3,(H,17,19)(H,18,20). The summed E-state index contributed by atoms with van der Waals surface area (Å²) >= 11 is 0. The molecule has 0 atom stereocenters. The molecule has 0 unspecified atom stereocenters. The molecular weight excluding hydrogens is 273 g/mol. The third-order valence-electron chi connectivity index (χ3n) is 2.46. The van der Waals surface area contributed by atoms with Gasteiger partial charge in [0, 0.05) is 19.5 Å². The average Bonchev–Trinajstić information content (AvgIpc) is 2.37. The molecule has 1 rings (SSSR count). The maximum absolute atomic E-state index is 12.5. The Hall–Kier alpha value is -1.99. The van der Waals surface area contributed by atoms with Crippen molar-refractivity contribution in [3.63, 3.8) is 0 Å². The molecule has 0 saturated heterocycles. The normalized spacial score (nSPS) is 11.2. The predicted molar refractivity (Wildman–Crippen MR) is 70.1 cm³/mol. The zero-order chi connectivity index (χ0) is 15.2. The van der Waals surface area contributed by atoms with Crippen molar-refractivity contribution < 1.29 is 18.0 Å². The van der Waals surface area contributed by atoms with E-state index in [4.69, 9.17) is 5.73 Å². The van der Waals surface area contributed by atoms with Crippen LogP contribution in [-0.2, 0) is 11.0 Å². The topological polar surface area (TPSA) is 80.0 Å². The van der Waals surface area contributed by atoms with Gasteiger partial charge in [-0.15, -0.1) is 0 Å². The molecule has 0 aliphatic rings. The monoisotopic (exact) mass is 290 g/mol.